The Morgan fingerprint density at radius 1 is 1.06 bits per heavy atom. The average molecular weight is 466 g/mol. The van der Waals surface area contributed by atoms with Crippen molar-refractivity contribution in [3.63, 3.8) is 0 Å². The van der Waals surface area contributed by atoms with E-state index in [9.17, 15) is 9.59 Å². The lowest BCUT2D eigenvalue weighted by Gasteiger charge is -2.31. The van der Waals surface area contributed by atoms with Crippen molar-refractivity contribution in [1.29, 1.82) is 0 Å². The summed E-state index contributed by atoms with van der Waals surface area (Å²) in [7, 11) is 1.91. The number of nitrogens with zero attached hydrogens (tertiary/aromatic N) is 2. The van der Waals surface area contributed by atoms with Crippen LogP contribution in [-0.4, -0.2) is 40.5 Å². The molecule has 5 nitrogen and oxygen atoms in total. The Hall–Kier alpha value is -2.64. The van der Waals surface area contributed by atoms with Gasteiger partial charge in [-0.2, -0.15) is 0 Å². The second kappa shape index (κ2) is 10.8. The third kappa shape index (κ3) is 5.58. The Labute approximate surface area is 197 Å². The smallest absolute Gasteiger partial charge is 0.258 e. The Balaban J connectivity index is 1.39. The predicted octanol–water partition coefficient (Wildman–Crippen LogP) is 5.95. The fourth-order valence-electron chi connectivity index (χ4n) is 3.93. The standard InChI is InChI=1S/C25H27N3O2S2/c1-28(19-12-6-3-7-13-19)23(29)17-31-22-15-9-8-14-20(22)24(30)27-25-26-21(16-32-25)18-10-4-2-5-11-18/h2,4-5,8-11,14-16,19H,3,6-7,12-13,17H2,1H3,(H,26,27,30). The zero-order valence-corrected chi connectivity index (χ0v) is 19.8. The van der Waals surface area contributed by atoms with Gasteiger partial charge >= 0.3 is 0 Å². The monoisotopic (exact) mass is 465 g/mol. The van der Waals surface area contributed by atoms with Crippen molar-refractivity contribution in [2.45, 2.75) is 43.0 Å². The first-order valence-electron chi connectivity index (χ1n) is 10.9. The predicted molar refractivity (Wildman–Crippen MR) is 132 cm³/mol. The number of thioether (sulfide) groups is 1. The van der Waals surface area contributed by atoms with E-state index in [0.29, 0.717) is 22.5 Å². The van der Waals surface area contributed by atoms with Crippen molar-refractivity contribution in [1.82, 2.24) is 9.88 Å². The van der Waals surface area contributed by atoms with Gasteiger partial charge in [0.1, 0.15) is 0 Å². The molecule has 2 amide bonds. The number of thiazole rings is 1. The van der Waals surface area contributed by atoms with Gasteiger partial charge in [-0.1, -0.05) is 61.7 Å². The second-order valence-electron chi connectivity index (χ2n) is 7.94. The highest BCUT2D eigenvalue weighted by Gasteiger charge is 2.22. The third-order valence-electron chi connectivity index (χ3n) is 5.79. The largest absolute Gasteiger partial charge is 0.342 e. The summed E-state index contributed by atoms with van der Waals surface area (Å²) in [6.45, 7) is 0. The molecule has 2 aromatic carbocycles. The number of nitrogens with one attached hydrogen (secondary N) is 1. The van der Waals surface area contributed by atoms with Crippen LogP contribution < -0.4 is 5.32 Å². The summed E-state index contributed by atoms with van der Waals surface area (Å²) in [4.78, 5) is 32.9. The topological polar surface area (TPSA) is 62.3 Å². The van der Waals surface area contributed by atoms with Crippen LogP contribution in [0.4, 0.5) is 5.13 Å². The first kappa shape index (κ1) is 22.6. The SMILES string of the molecule is CN(C(=O)CSc1ccccc1C(=O)Nc1nc(-c2ccccc2)cs1)C1CCCCC1. The molecule has 0 saturated heterocycles. The maximum atomic E-state index is 13.0. The van der Waals surface area contributed by atoms with E-state index in [2.05, 4.69) is 10.3 Å². The lowest BCUT2D eigenvalue weighted by Crippen LogP contribution is -2.39. The van der Waals surface area contributed by atoms with Gasteiger partial charge in [-0.3, -0.25) is 14.9 Å². The Morgan fingerprint density at radius 2 is 1.78 bits per heavy atom. The van der Waals surface area contributed by atoms with E-state index >= 15 is 0 Å². The first-order valence-corrected chi connectivity index (χ1v) is 12.8. The summed E-state index contributed by atoms with van der Waals surface area (Å²) in [6.07, 6.45) is 5.83. The van der Waals surface area contributed by atoms with E-state index in [1.165, 1.54) is 42.4 Å². The molecule has 1 heterocycles. The van der Waals surface area contributed by atoms with Crippen molar-refractivity contribution < 1.29 is 9.59 Å². The van der Waals surface area contributed by atoms with Crippen molar-refractivity contribution in [2.75, 3.05) is 18.1 Å². The minimum absolute atomic E-state index is 0.115. The third-order valence-corrected chi connectivity index (χ3v) is 7.61. The number of anilines is 1. The van der Waals surface area contributed by atoms with Crippen LogP contribution in [-0.2, 0) is 4.79 Å². The zero-order valence-electron chi connectivity index (χ0n) is 18.1. The number of hydrogen-bond acceptors (Lipinski definition) is 5. The van der Waals surface area contributed by atoms with Crippen LogP contribution >= 0.6 is 23.1 Å². The molecule has 0 aliphatic heterocycles. The molecule has 4 rings (SSSR count). The van der Waals surface area contributed by atoms with E-state index in [0.717, 1.165) is 29.0 Å². The summed E-state index contributed by atoms with van der Waals surface area (Å²) in [5.41, 5.74) is 2.41. The molecular formula is C25H27N3O2S2. The normalized spacial score (nSPS) is 14.2. The highest BCUT2D eigenvalue weighted by Crippen LogP contribution is 2.28. The molecule has 7 heteroatoms. The molecular weight excluding hydrogens is 438 g/mol. The van der Waals surface area contributed by atoms with Crippen LogP contribution in [0.5, 0.6) is 0 Å². The maximum Gasteiger partial charge on any atom is 0.258 e. The molecule has 1 N–H and O–H groups in total. The number of rotatable bonds is 7. The van der Waals surface area contributed by atoms with Gasteiger partial charge in [-0.15, -0.1) is 23.1 Å². The van der Waals surface area contributed by atoms with Crippen molar-refractivity contribution >= 4 is 40.0 Å². The molecule has 1 aliphatic rings. The summed E-state index contributed by atoms with van der Waals surface area (Å²) in [5.74, 6) is 0.229. The minimum Gasteiger partial charge on any atom is -0.342 e. The molecule has 0 radical (unpaired) electrons. The molecule has 3 aromatic rings. The van der Waals surface area contributed by atoms with Gasteiger partial charge in [0.2, 0.25) is 5.91 Å². The zero-order chi connectivity index (χ0) is 22.3. The summed E-state index contributed by atoms with van der Waals surface area (Å²) < 4.78 is 0. The maximum absolute atomic E-state index is 13.0. The number of benzene rings is 2. The molecule has 1 aromatic heterocycles. The van der Waals surface area contributed by atoms with Crippen LogP contribution in [0.3, 0.4) is 0 Å². The Kier molecular flexibility index (Phi) is 7.60. The summed E-state index contributed by atoms with van der Waals surface area (Å²) in [6, 6.07) is 17.6. The van der Waals surface area contributed by atoms with Crippen molar-refractivity contribution in [3.8, 4) is 11.3 Å². The molecule has 0 spiro atoms. The van der Waals surface area contributed by atoms with Crippen LogP contribution in [0.15, 0.2) is 64.9 Å². The first-order chi connectivity index (χ1) is 15.6. The van der Waals surface area contributed by atoms with Crippen molar-refractivity contribution in [2.24, 2.45) is 0 Å². The van der Waals surface area contributed by atoms with Gasteiger partial charge in [0.25, 0.3) is 5.91 Å². The average Bonchev–Trinajstić information content (AvgIpc) is 3.31. The van der Waals surface area contributed by atoms with Crippen LogP contribution in [0.1, 0.15) is 42.5 Å². The number of carbonyl (C=O) groups is 2. The molecule has 0 unspecified atom stereocenters. The fourth-order valence-corrected chi connectivity index (χ4v) is 5.62. The van der Waals surface area contributed by atoms with E-state index in [1.54, 1.807) is 6.07 Å². The Bertz CT molecular complexity index is 1060. The van der Waals surface area contributed by atoms with E-state index in [4.69, 9.17) is 0 Å². The lowest BCUT2D eigenvalue weighted by atomic mass is 9.94. The van der Waals surface area contributed by atoms with Gasteiger partial charge in [0.15, 0.2) is 5.13 Å². The number of aromatic nitrogens is 1. The van der Waals surface area contributed by atoms with Crippen molar-refractivity contribution in [3.05, 3.63) is 65.5 Å². The summed E-state index contributed by atoms with van der Waals surface area (Å²) in [5, 5.41) is 5.40. The van der Waals surface area contributed by atoms with Gasteiger partial charge in [0, 0.05) is 28.9 Å². The Morgan fingerprint density at radius 3 is 2.56 bits per heavy atom. The molecule has 1 saturated carbocycles. The highest BCUT2D eigenvalue weighted by atomic mass is 32.2. The minimum atomic E-state index is -0.213. The molecule has 32 heavy (non-hydrogen) atoms. The number of amides is 2. The van der Waals surface area contributed by atoms with Crippen LogP contribution in [0, 0.1) is 0 Å². The number of carbonyl (C=O) groups excluding carboxylic acids is 2. The fraction of sp³-hybridized carbons (Fsp3) is 0.320. The second-order valence-corrected chi connectivity index (χ2v) is 9.81. The van der Waals surface area contributed by atoms with Gasteiger partial charge in [-0.05, 0) is 25.0 Å². The van der Waals surface area contributed by atoms with Gasteiger partial charge < -0.3 is 4.90 Å². The molecule has 0 bridgehead atoms. The molecule has 1 fully saturated rings. The molecule has 166 valence electrons. The number of hydrogen-bond donors (Lipinski definition) is 1. The van der Waals surface area contributed by atoms with E-state index < -0.39 is 0 Å². The highest BCUT2D eigenvalue weighted by molar-refractivity contribution is 8.00. The van der Waals surface area contributed by atoms with Crippen LogP contribution in [0.25, 0.3) is 11.3 Å². The van der Waals surface area contributed by atoms with E-state index in [1.807, 2.05) is 65.9 Å². The van der Waals surface area contributed by atoms with E-state index in [-0.39, 0.29) is 11.8 Å². The quantitative estimate of drug-likeness (QED) is 0.438. The van der Waals surface area contributed by atoms with Gasteiger partial charge in [-0.25, -0.2) is 4.98 Å². The van der Waals surface area contributed by atoms with Gasteiger partial charge in [0.05, 0.1) is 17.0 Å². The molecule has 1 aliphatic carbocycles. The molecule has 0 atom stereocenters. The van der Waals surface area contributed by atoms with Crippen LogP contribution in [0.2, 0.25) is 0 Å². The lowest BCUT2D eigenvalue weighted by molar-refractivity contribution is -0.129. The summed E-state index contributed by atoms with van der Waals surface area (Å²) >= 11 is 2.82.